The zero-order valence-electron chi connectivity index (χ0n) is 8.56. The summed E-state index contributed by atoms with van der Waals surface area (Å²) in [5.74, 6) is 0.832. The molecule has 1 aromatic heterocycles. The van der Waals surface area contributed by atoms with Crippen molar-refractivity contribution in [1.82, 2.24) is 10.3 Å². The molecule has 6 heteroatoms. The maximum absolute atomic E-state index is 10.5. The summed E-state index contributed by atoms with van der Waals surface area (Å²) in [6.07, 6.45) is 1.42. The van der Waals surface area contributed by atoms with E-state index < -0.39 is 6.09 Å². The van der Waals surface area contributed by atoms with Crippen LogP contribution in [0, 0.1) is 0 Å². The average molecular weight is 242 g/mol. The Labute approximate surface area is 98.0 Å². The molecule has 86 valence electrons. The Kier molecular flexibility index (Phi) is 3.14. The Morgan fingerprint density at radius 2 is 2.44 bits per heavy atom. The Morgan fingerprint density at radius 3 is 3.06 bits per heavy atom. The Hall–Kier alpha value is -1.49. The number of carbonyl (C=O) groups is 1. The van der Waals surface area contributed by atoms with Crippen LogP contribution in [-0.4, -0.2) is 35.3 Å². The highest BCUT2D eigenvalue weighted by Crippen LogP contribution is 2.19. The molecule has 0 bridgehead atoms. The molecule has 2 heterocycles. The summed E-state index contributed by atoms with van der Waals surface area (Å²) in [6.45, 7) is 1.46. The minimum Gasteiger partial charge on any atom is -0.465 e. The van der Waals surface area contributed by atoms with Crippen LogP contribution in [0.4, 0.5) is 10.6 Å². The van der Waals surface area contributed by atoms with Gasteiger partial charge in [0.25, 0.3) is 0 Å². The van der Waals surface area contributed by atoms with Crippen molar-refractivity contribution in [2.24, 2.45) is 0 Å². The van der Waals surface area contributed by atoms with Gasteiger partial charge in [-0.2, -0.15) is 0 Å². The number of halogens is 1. The summed E-state index contributed by atoms with van der Waals surface area (Å²) >= 11 is 5.74. The number of hydrogen-bond donors (Lipinski definition) is 2. The van der Waals surface area contributed by atoms with Crippen molar-refractivity contribution in [2.45, 2.75) is 12.5 Å². The lowest BCUT2D eigenvalue weighted by molar-refractivity contribution is 0.191. The first-order chi connectivity index (χ1) is 7.65. The molecule has 1 atom stereocenters. The van der Waals surface area contributed by atoms with E-state index >= 15 is 0 Å². The van der Waals surface area contributed by atoms with Crippen LogP contribution in [0.3, 0.4) is 0 Å². The molecular weight excluding hydrogens is 230 g/mol. The van der Waals surface area contributed by atoms with Crippen LogP contribution < -0.4 is 10.2 Å². The zero-order chi connectivity index (χ0) is 11.5. The number of hydrogen-bond acceptors (Lipinski definition) is 3. The van der Waals surface area contributed by atoms with Gasteiger partial charge in [0.05, 0.1) is 11.1 Å². The smallest absolute Gasteiger partial charge is 0.404 e. The van der Waals surface area contributed by atoms with Crippen LogP contribution >= 0.6 is 11.6 Å². The predicted molar refractivity (Wildman–Crippen MR) is 61.0 cm³/mol. The zero-order valence-corrected chi connectivity index (χ0v) is 9.31. The molecular formula is C10H12ClN3O2. The minimum atomic E-state index is -0.976. The fourth-order valence-corrected chi connectivity index (χ4v) is 1.93. The van der Waals surface area contributed by atoms with Gasteiger partial charge in [-0.05, 0) is 18.6 Å². The van der Waals surface area contributed by atoms with Gasteiger partial charge >= 0.3 is 6.09 Å². The third-order valence-corrected chi connectivity index (χ3v) is 2.78. The molecule has 0 aliphatic carbocycles. The summed E-state index contributed by atoms with van der Waals surface area (Å²) in [7, 11) is 0. The molecule has 1 aliphatic rings. The summed E-state index contributed by atoms with van der Waals surface area (Å²) in [5, 5.41) is 11.7. The standard InChI is InChI=1S/C10H12ClN3O2/c11-7-1-2-9(12-5-7)14-4-3-8(6-14)13-10(15)16/h1-2,5,8,13H,3-4,6H2,(H,15,16)/t8-/m1/s1. The van der Waals surface area contributed by atoms with Gasteiger partial charge in [0.15, 0.2) is 0 Å². The highest BCUT2D eigenvalue weighted by Gasteiger charge is 2.24. The van der Waals surface area contributed by atoms with Gasteiger partial charge in [-0.3, -0.25) is 0 Å². The molecule has 5 nitrogen and oxygen atoms in total. The topological polar surface area (TPSA) is 65.5 Å². The summed E-state index contributed by atoms with van der Waals surface area (Å²) in [6, 6.07) is 3.60. The highest BCUT2D eigenvalue weighted by atomic mass is 35.5. The van der Waals surface area contributed by atoms with E-state index in [1.165, 1.54) is 0 Å². The fourth-order valence-electron chi connectivity index (χ4n) is 1.82. The van der Waals surface area contributed by atoms with Crippen molar-refractivity contribution in [3.63, 3.8) is 0 Å². The number of nitrogens with zero attached hydrogens (tertiary/aromatic N) is 2. The molecule has 0 saturated carbocycles. The van der Waals surface area contributed by atoms with E-state index in [2.05, 4.69) is 10.3 Å². The molecule has 1 fully saturated rings. The van der Waals surface area contributed by atoms with Gasteiger partial charge in [-0.15, -0.1) is 0 Å². The minimum absolute atomic E-state index is 0.0185. The van der Waals surface area contributed by atoms with Gasteiger partial charge in [0, 0.05) is 19.3 Å². The van der Waals surface area contributed by atoms with Crippen molar-refractivity contribution < 1.29 is 9.90 Å². The molecule has 0 unspecified atom stereocenters. The summed E-state index contributed by atoms with van der Waals surface area (Å²) < 4.78 is 0. The first-order valence-corrected chi connectivity index (χ1v) is 5.39. The third-order valence-electron chi connectivity index (χ3n) is 2.55. The Balaban J connectivity index is 1.98. The number of nitrogens with one attached hydrogen (secondary N) is 1. The van der Waals surface area contributed by atoms with E-state index in [1.807, 2.05) is 11.0 Å². The van der Waals surface area contributed by atoms with E-state index in [0.29, 0.717) is 11.6 Å². The third kappa shape index (κ3) is 2.55. The van der Waals surface area contributed by atoms with Crippen molar-refractivity contribution in [1.29, 1.82) is 0 Å². The molecule has 1 aromatic rings. The molecule has 0 aromatic carbocycles. The first kappa shape index (κ1) is 11.0. The van der Waals surface area contributed by atoms with Crippen LogP contribution in [0.1, 0.15) is 6.42 Å². The van der Waals surface area contributed by atoms with Crippen molar-refractivity contribution in [3.05, 3.63) is 23.4 Å². The quantitative estimate of drug-likeness (QED) is 0.825. The van der Waals surface area contributed by atoms with Crippen molar-refractivity contribution >= 4 is 23.5 Å². The van der Waals surface area contributed by atoms with Crippen molar-refractivity contribution in [2.75, 3.05) is 18.0 Å². The number of anilines is 1. The fraction of sp³-hybridized carbons (Fsp3) is 0.400. The second-order valence-corrected chi connectivity index (χ2v) is 4.15. The molecule has 1 amide bonds. The van der Waals surface area contributed by atoms with E-state index in [4.69, 9.17) is 16.7 Å². The molecule has 1 aliphatic heterocycles. The first-order valence-electron chi connectivity index (χ1n) is 5.01. The largest absolute Gasteiger partial charge is 0.465 e. The van der Waals surface area contributed by atoms with Crippen LogP contribution in [0.15, 0.2) is 18.3 Å². The molecule has 0 spiro atoms. The number of carboxylic acid groups (broad SMARTS) is 1. The van der Waals surface area contributed by atoms with Gasteiger partial charge in [-0.1, -0.05) is 11.6 Å². The SMILES string of the molecule is O=C(O)N[C@@H]1CCN(c2ccc(Cl)cn2)C1. The molecule has 0 radical (unpaired) electrons. The van der Waals surface area contributed by atoms with Crippen LogP contribution in [0.25, 0.3) is 0 Å². The number of pyridine rings is 1. The second kappa shape index (κ2) is 4.57. The number of rotatable bonds is 2. The van der Waals surface area contributed by atoms with E-state index in [0.717, 1.165) is 18.8 Å². The lowest BCUT2D eigenvalue weighted by Gasteiger charge is -2.17. The van der Waals surface area contributed by atoms with Gasteiger partial charge in [0.1, 0.15) is 5.82 Å². The molecule has 1 saturated heterocycles. The van der Waals surface area contributed by atoms with Crippen LogP contribution in [0.2, 0.25) is 5.02 Å². The predicted octanol–water partition coefficient (Wildman–Crippen LogP) is 1.58. The maximum atomic E-state index is 10.5. The lowest BCUT2D eigenvalue weighted by atomic mass is 10.3. The van der Waals surface area contributed by atoms with Crippen molar-refractivity contribution in [3.8, 4) is 0 Å². The van der Waals surface area contributed by atoms with Gasteiger partial charge < -0.3 is 15.3 Å². The Morgan fingerprint density at radius 1 is 1.62 bits per heavy atom. The molecule has 16 heavy (non-hydrogen) atoms. The summed E-state index contributed by atoms with van der Waals surface area (Å²) in [5.41, 5.74) is 0. The molecule has 2 N–H and O–H groups in total. The number of aromatic nitrogens is 1. The van der Waals surface area contributed by atoms with Gasteiger partial charge in [-0.25, -0.2) is 9.78 Å². The molecule has 2 rings (SSSR count). The van der Waals surface area contributed by atoms with Crippen LogP contribution in [0.5, 0.6) is 0 Å². The maximum Gasteiger partial charge on any atom is 0.404 e. The second-order valence-electron chi connectivity index (χ2n) is 3.72. The van der Waals surface area contributed by atoms with E-state index in [9.17, 15) is 4.79 Å². The summed E-state index contributed by atoms with van der Waals surface area (Å²) in [4.78, 5) is 16.7. The lowest BCUT2D eigenvalue weighted by Crippen LogP contribution is -2.36. The number of amides is 1. The normalized spacial score (nSPS) is 19.8. The Bertz CT molecular complexity index is 382. The highest BCUT2D eigenvalue weighted by molar-refractivity contribution is 6.30. The van der Waals surface area contributed by atoms with E-state index in [1.54, 1.807) is 12.3 Å². The monoisotopic (exact) mass is 241 g/mol. The van der Waals surface area contributed by atoms with Crippen LogP contribution in [-0.2, 0) is 0 Å². The van der Waals surface area contributed by atoms with E-state index in [-0.39, 0.29) is 6.04 Å². The average Bonchev–Trinajstić information content (AvgIpc) is 2.66. The van der Waals surface area contributed by atoms with Gasteiger partial charge in [0.2, 0.25) is 0 Å².